The van der Waals surface area contributed by atoms with E-state index < -0.39 is 23.8 Å². The summed E-state index contributed by atoms with van der Waals surface area (Å²) in [6.45, 7) is 2.68. The fraction of sp³-hybridized carbons (Fsp3) is 0.350. The molecule has 0 unspecified atom stereocenters. The number of aryl methyl sites for hydroxylation is 1. The largest absolute Gasteiger partial charge is 0.418 e. The standard InChI is InChI=1S/C20H21F3N2O2/c1-13-5-2-3-6-14(13)12-24-17-9-8-15(11-16(17)20(21,22)23)25-19(26)18-7-4-10-27-18/h2-3,5-6,8-9,11,18,24H,4,7,10,12H2,1H3,(H,25,26)/t18-/m0/s1. The highest BCUT2D eigenvalue weighted by Crippen LogP contribution is 2.37. The maximum absolute atomic E-state index is 13.5. The van der Waals surface area contributed by atoms with Crippen molar-refractivity contribution in [1.29, 1.82) is 0 Å². The number of hydrogen-bond acceptors (Lipinski definition) is 3. The van der Waals surface area contributed by atoms with Crippen LogP contribution >= 0.6 is 0 Å². The monoisotopic (exact) mass is 378 g/mol. The highest BCUT2D eigenvalue weighted by atomic mass is 19.4. The summed E-state index contributed by atoms with van der Waals surface area (Å²) in [6, 6.07) is 11.3. The van der Waals surface area contributed by atoms with Gasteiger partial charge >= 0.3 is 6.18 Å². The second kappa shape index (κ2) is 8.00. The Balaban J connectivity index is 1.77. The first-order valence-electron chi connectivity index (χ1n) is 8.76. The first-order chi connectivity index (χ1) is 12.8. The molecule has 0 saturated carbocycles. The van der Waals surface area contributed by atoms with Crippen LogP contribution in [-0.2, 0) is 22.3 Å². The smallest absolute Gasteiger partial charge is 0.380 e. The van der Waals surface area contributed by atoms with Crippen molar-refractivity contribution in [1.82, 2.24) is 0 Å². The summed E-state index contributed by atoms with van der Waals surface area (Å²) in [5, 5.41) is 5.37. The molecule has 0 spiro atoms. The van der Waals surface area contributed by atoms with Crippen LogP contribution in [0.2, 0.25) is 0 Å². The average Bonchev–Trinajstić information content (AvgIpc) is 3.16. The van der Waals surface area contributed by atoms with Gasteiger partial charge in [0.15, 0.2) is 0 Å². The predicted octanol–water partition coefficient (Wildman–Crippen LogP) is 4.74. The molecule has 1 amide bonds. The molecule has 144 valence electrons. The molecule has 1 fully saturated rings. The third kappa shape index (κ3) is 4.80. The van der Waals surface area contributed by atoms with Crippen molar-refractivity contribution in [2.45, 2.75) is 38.6 Å². The quantitative estimate of drug-likeness (QED) is 0.790. The van der Waals surface area contributed by atoms with Gasteiger partial charge in [-0.2, -0.15) is 13.2 Å². The summed E-state index contributed by atoms with van der Waals surface area (Å²) >= 11 is 0. The number of carbonyl (C=O) groups is 1. The molecule has 2 aromatic rings. The van der Waals surface area contributed by atoms with Crippen LogP contribution in [0.5, 0.6) is 0 Å². The number of nitrogens with one attached hydrogen (secondary N) is 2. The SMILES string of the molecule is Cc1ccccc1CNc1ccc(NC(=O)[C@@H]2CCCO2)cc1C(F)(F)F. The third-order valence-electron chi connectivity index (χ3n) is 4.55. The van der Waals surface area contributed by atoms with E-state index in [9.17, 15) is 18.0 Å². The van der Waals surface area contributed by atoms with Gasteiger partial charge in [0.2, 0.25) is 0 Å². The van der Waals surface area contributed by atoms with Crippen molar-refractivity contribution in [3.8, 4) is 0 Å². The van der Waals surface area contributed by atoms with E-state index in [2.05, 4.69) is 10.6 Å². The van der Waals surface area contributed by atoms with Gasteiger partial charge in [0.05, 0.1) is 5.56 Å². The van der Waals surface area contributed by atoms with E-state index in [1.54, 1.807) is 0 Å². The van der Waals surface area contributed by atoms with Gasteiger partial charge in [0.1, 0.15) is 6.10 Å². The van der Waals surface area contributed by atoms with Gasteiger partial charge in [-0.1, -0.05) is 24.3 Å². The first-order valence-corrected chi connectivity index (χ1v) is 8.76. The van der Waals surface area contributed by atoms with E-state index >= 15 is 0 Å². The number of ether oxygens (including phenoxy) is 1. The Labute approximate surface area is 155 Å². The lowest BCUT2D eigenvalue weighted by Gasteiger charge is -2.18. The molecule has 2 N–H and O–H groups in total. The number of anilines is 2. The molecule has 0 aromatic heterocycles. The van der Waals surface area contributed by atoms with Gasteiger partial charge in [0.25, 0.3) is 5.91 Å². The van der Waals surface area contributed by atoms with Crippen molar-refractivity contribution in [2.24, 2.45) is 0 Å². The zero-order valence-electron chi connectivity index (χ0n) is 14.9. The van der Waals surface area contributed by atoms with Gasteiger partial charge in [-0.05, 0) is 49.1 Å². The number of carbonyl (C=O) groups excluding carboxylic acids is 1. The van der Waals surface area contributed by atoms with Crippen molar-refractivity contribution >= 4 is 17.3 Å². The second-order valence-electron chi connectivity index (χ2n) is 6.53. The van der Waals surface area contributed by atoms with E-state index in [0.29, 0.717) is 13.0 Å². The molecule has 3 rings (SSSR count). The zero-order valence-corrected chi connectivity index (χ0v) is 14.9. The Hall–Kier alpha value is -2.54. The maximum atomic E-state index is 13.5. The van der Waals surface area contributed by atoms with Crippen LogP contribution in [-0.4, -0.2) is 18.6 Å². The summed E-state index contributed by atoms with van der Waals surface area (Å²) in [5.41, 5.74) is 1.17. The molecule has 1 aliphatic rings. The van der Waals surface area contributed by atoms with Crippen molar-refractivity contribution < 1.29 is 22.7 Å². The molecule has 1 saturated heterocycles. The van der Waals surface area contributed by atoms with Crippen LogP contribution in [0.25, 0.3) is 0 Å². The van der Waals surface area contributed by atoms with Gasteiger partial charge in [-0.25, -0.2) is 0 Å². The first kappa shape index (κ1) is 19.2. The normalized spacial score (nSPS) is 17.0. The number of benzene rings is 2. The van der Waals surface area contributed by atoms with E-state index in [-0.39, 0.29) is 17.9 Å². The number of halogens is 3. The van der Waals surface area contributed by atoms with E-state index in [1.165, 1.54) is 12.1 Å². The Morgan fingerprint density at radius 1 is 1.22 bits per heavy atom. The van der Waals surface area contributed by atoms with Gasteiger partial charge in [0, 0.05) is 24.5 Å². The average molecular weight is 378 g/mol. The molecule has 27 heavy (non-hydrogen) atoms. The van der Waals surface area contributed by atoms with Crippen molar-refractivity contribution in [3.63, 3.8) is 0 Å². The van der Waals surface area contributed by atoms with Crippen LogP contribution in [0.1, 0.15) is 29.5 Å². The second-order valence-corrected chi connectivity index (χ2v) is 6.53. The minimum atomic E-state index is -4.54. The number of alkyl halides is 3. The van der Waals surface area contributed by atoms with Crippen LogP contribution in [0.15, 0.2) is 42.5 Å². The molecule has 0 bridgehead atoms. The Morgan fingerprint density at radius 3 is 2.67 bits per heavy atom. The van der Waals surface area contributed by atoms with Gasteiger partial charge < -0.3 is 15.4 Å². The summed E-state index contributed by atoms with van der Waals surface area (Å²) in [5.74, 6) is -0.416. The Kier molecular flexibility index (Phi) is 5.70. The minimum absolute atomic E-state index is 0.0270. The lowest BCUT2D eigenvalue weighted by molar-refractivity contribution is -0.137. The van der Waals surface area contributed by atoms with E-state index in [1.807, 2.05) is 31.2 Å². The molecule has 7 heteroatoms. The lowest BCUT2D eigenvalue weighted by Crippen LogP contribution is -2.27. The van der Waals surface area contributed by atoms with Crippen molar-refractivity contribution in [2.75, 3.05) is 17.2 Å². The molecular weight excluding hydrogens is 357 g/mol. The van der Waals surface area contributed by atoms with Gasteiger partial charge in [-0.3, -0.25) is 4.79 Å². The van der Waals surface area contributed by atoms with Gasteiger partial charge in [-0.15, -0.1) is 0 Å². The maximum Gasteiger partial charge on any atom is 0.418 e. The number of hydrogen-bond donors (Lipinski definition) is 2. The summed E-state index contributed by atoms with van der Waals surface area (Å²) in [6.07, 6.45) is -3.79. The number of amides is 1. The number of rotatable bonds is 5. The lowest BCUT2D eigenvalue weighted by atomic mass is 10.1. The van der Waals surface area contributed by atoms with E-state index in [4.69, 9.17) is 4.74 Å². The molecule has 1 atom stereocenters. The van der Waals surface area contributed by atoms with Crippen LogP contribution in [0, 0.1) is 6.92 Å². The highest BCUT2D eigenvalue weighted by Gasteiger charge is 2.34. The molecule has 0 radical (unpaired) electrons. The van der Waals surface area contributed by atoms with Crippen molar-refractivity contribution in [3.05, 3.63) is 59.2 Å². The summed E-state index contributed by atoms with van der Waals surface area (Å²) in [7, 11) is 0. The molecule has 1 heterocycles. The molecule has 2 aromatic carbocycles. The highest BCUT2D eigenvalue weighted by molar-refractivity contribution is 5.94. The van der Waals surface area contributed by atoms with Crippen LogP contribution in [0.4, 0.5) is 24.5 Å². The molecule has 0 aliphatic carbocycles. The zero-order chi connectivity index (χ0) is 19.4. The summed E-state index contributed by atoms with van der Waals surface area (Å²) < 4.78 is 45.7. The fourth-order valence-corrected chi connectivity index (χ4v) is 3.02. The molecular formula is C20H21F3N2O2. The Morgan fingerprint density at radius 2 is 2.00 bits per heavy atom. The molecule has 1 aliphatic heterocycles. The topological polar surface area (TPSA) is 50.4 Å². The molecule has 4 nitrogen and oxygen atoms in total. The third-order valence-corrected chi connectivity index (χ3v) is 4.55. The van der Waals surface area contributed by atoms with E-state index in [0.717, 1.165) is 23.6 Å². The Bertz CT molecular complexity index is 815. The minimum Gasteiger partial charge on any atom is -0.380 e. The predicted molar refractivity (Wildman–Crippen MR) is 97.6 cm³/mol. The van der Waals surface area contributed by atoms with Crippen LogP contribution in [0.3, 0.4) is 0 Å². The van der Waals surface area contributed by atoms with Crippen LogP contribution < -0.4 is 10.6 Å². The fourth-order valence-electron chi connectivity index (χ4n) is 3.02. The summed E-state index contributed by atoms with van der Waals surface area (Å²) in [4.78, 5) is 12.1.